The van der Waals surface area contributed by atoms with E-state index in [4.69, 9.17) is 13.9 Å². The number of carbonyl (C=O) groups excluding carboxylic acids is 2. The summed E-state index contributed by atoms with van der Waals surface area (Å²) in [5.74, 6) is -0.0775. The second-order valence-electron chi connectivity index (χ2n) is 9.21. The van der Waals surface area contributed by atoms with Crippen LogP contribution in [-0.4, -0.2) is 48.2 Å². The number of ether oxygens (including phenoxy) is 2. The first kappa shape index (κ1) is 22.3. The molecule has 2 aromatic carbocycles. The lowest BCUT2D eigenvalue weighted by atomic mass is 9.80. The van der Waals surface area contributed by atoms with Crippen LogP contribution >= 0.6 is 0 Å². The average Bonchev–Trinajstić information content (AvgIpc) is 3.17. The molecule has 1 N–H and O–H groups in total. The Morgan fingerprint density at radius 3 is 2.65 bits per heavy atom. The molecule has 178 valence electrons. The first-order valence-electron chi connectivity index (χ1n) is 11.4. The van der Waals surface area contributed by atoms with Gasteiger partial charge in [0.2, 0.25) is 11.7 Å². The van der Waals surface area contributed by atoms with Crippen LogP contribution in [0.3, 0.4) is 0 Å². The number of fused-ring (bicyclic) bond motifs is 3. The van der Waals surface area contributed by atoms with Gasteiger partial charge >= 0.3 is 0 Å². The Bertz CT molecular complexity index is 1250. The van der Waals surface area contributed by atoms with Gasteiger partial charge in [-0.2, -0.15) is 0 Å². The number of halogens is 1. The van der Waals surface area contributed by atoms with Crippen molar-refractivity contribution in [3.63, 3.8) is 0 Å². The first-order valence-corrected chi connectivity index (χ1v) is 11.4. The number of furan rings is 1. The molecule has 0 saturated heterocycles. The molecule has 7 nitrogen and oxygen atoms in total. The minimum atomic E-state index is -1.53. The molecule has 5 rings (SSSR count). The molecule has 0 bridgehead atoms. The molecular formula is C26H27FN2O5. The Labute approximate surface area is 196 Å². The Kier molecular flexibility index (Phi) is 5.46. The van der Waals surface area contributed by atoms with Gasteiger partial charge < -0.3 is 24.1 Å². The van der Waals surface area contributed by atoms with Crippen LogP contribution in [0.15, 0.2) is 52.9 Å². The minimum Gasteiger partial charge on any atom is -0.496 e. The molecule has 0 spiro atoms. The van der Waals surface area contributed by atoms with Crippen molar-refractivity contribution in [2.75, 3.05) is 20.3 Å². The lowest BCUT2D eigenvalue weighted by molar-refractivity contribution is -0.134. The molecule has 1 saturated carbocycles. The number of para-hydroxylation sites is 2. The van der Waals surface area contributed by atoms with Crippen LogP contribution in [0, 0.1) is 0 Å². The quantitative estimate of drug-likeness (QED) is 0.588. The number of nitrogens with one attached hydrogen (secondary N) is 1. The van der Waals surface area contributed by atoms with Crippen molar-refractivity contribution >= 4 is 22.8 Å². The zero-order valence-corrected chi connectivity index (χ0v) is 19.2. The summed E-state index contributed by atoms with van der Waals surface area (Å²) < 4.78 is 32.5. The number of methoxy groups -OCH3 is 1. The number of hydrogen-bond acceptors (Lipinski definition) is 5. The second-order valence-corrected chi connectivity index (χ2v) is 9.21. The van der Waals surface area contributed by atoms with Gasteiger partial charge in [-0.15, -0.1) is 0 Å². The zero-order valence-electron chi connectivity index (χ0n) is 19.2. The van der Waals surface area contributed by atoms with Gasteiger partial charge in [0, 0.05) is 12.1 Å². The van der Waals surface area contributed by atoms with Crippen molar-refractivity contribution < 1.29 is 27.9 Å². The van der Waals surface area contributed by atoms with E-state index in [0.29, 0.717) is 29.6 Å². The molecule has 0 radical (unpaired) electrons. The van der Waals surface area contributed by atoms with Crippen molar-refractivity contribution in [2.45, 2.75) is 43.9 Å². The minimum absolute atomic E-state index is 0.00891. The normalized spacial score (nSPS) is 21.3. The van der Waals surface area contributed by atoms with Gasteiger partial charge in [0.05, 0.1) is 19.0 Å². The summed E-state index contributed by atoms with van der Waals surface area (Å²) in [4.78, 5) is 28.5. The Hall–Kier alpha value is -3.55. The summed E-state index contributed by atoms with van der Waals surface area (Å²) >= 11 is 0. The molecule has 34 heavy (non-hydrogen) atoms. The topological polar surface area (TPSA) is 81.0 Å². The number of rotatable bonds is 6. The molecule has 1 aliphatic heterocycles. The van der Waals surface area contributed by atoms with Gasteiger partial charge in [-0.3, -0.25) is 9.59 Å². The molecule has 8 heteroatoms. The Balaban J connectivity index is 1.48. The molecule has 1 aliphatic carbocycles. The average molecular weight is 467 g/mol. The summed E-state index contributed by atoms with van der Waals surface area (Å²) in [6.07, 6.45) is 1.45. The first-order chi connectivity index (χ1) is 16.3. The van der Waals surface area contributed by atoms with Crippen molar-refractivity contribution in [3.8, 4) is 11.5 Å². The van der Waals surface area contributed by atoms with E-state index in [1.54, 1.807) is 38.3 Å². The zero-order chi connectivity index (χ0) is 23.9. The van der Waals surface area contributed by atoms with E-state index in [1.807, 2.05) is 24.3 Å². The third-order valence-corrected chi connectivity index (χ3v) is 6.89. The predicted molar refractivity (Wildman–Crippen MR) is 124 cm³/mol. The lowest BCUT2D eigenvalue weighted by Crippen LogP contribution is -2.64. The van der Waals surface area contributed by atoms with Crippen LogP contribution < -0.4 is 14.8 Å². The van der Waals surface area contributed by atoms with Crippen LogP contribution in [0.1, 0.15) is 42.3 Å². The highest BCUT2D eigenvalue weighted by molar-refractivity contribution is 6.04. The van der Waals surface area contributed by atoms with Crippen LogP contribution in [0.2, 0.25) is 0 Å². The van der Waals surface area contributed by atoms with Crippen molar-refractivity contribution in [1.29, 1.82) is 0 Å². The van der Waals surface area contributed by atoms with Gasteiger partial charge in [0.1, 0.15) is 23.6 Å². The Morgan fingerprint density at radius 2 is 1.91 bits per heavy atom. The smallest absolute Gasteiger partial charge is 0.294 e. The maximum absolute atomic E-state index is 15.3. The summed E-state index contributed by atoms with van der Waals surface area (Å²) in [6.45, 7) is 1.46. The number of nitrogens with zero attached hydrogens (tertiary/aromatic N) is 1. The molecule has 3 aromatic rings. The fourth-order valence-electron chi connectivity index (χ4n) is 4.59. The van der Waals surface area contributed by atoms with Gasteiger partial charge in [-0.25, -0.2) is 4.39 Å². The van der Waals surface area contributed by atoms with Crippen LogP contribution in [0.25, 0.3) is 11.0 Å². The number of amides is 2. The van der Waals surface area contributed by atoms with E-state index in [0.717, 1.165) is 12.0 Å². The largest absolute Gasteiger partial charge is 0.496 e. The summed E-state index contributed by atoms with van der Waals surface area (Å²) in [5.41, 5.74) is -1.69. The van der Waals surface area contributed by atoms with Gasteiger partial charge in [0.15, 0.2) is 11.3 Å². The van der Waals surface area contributed by atoms with Gasteiger partial charge in [0.25, 0.3) is 5.91 Å². The summed E-state index contributed by atoms with van der Waals surface area (Å²) in [7, 11) is 1.56. The SMILES string of the molecule is COc1ccccc1CNC(=O)C1(C)COc2c(oc3ccccc23)C(=O)N1CC1(F)CCC1. The van der Waals surface area contributed by atoms with E-state index >= 15 is 4.39 Å². The molecule has 2 heterocycles. The predicted octanol–water partition coefficient (Wildman–Crippen LogP) is 4.24. The second kappa shape index (κ2) is 8.34. The monoisotopic (exact) mass is 466 g/mol. The standard InChI is InChI=1S/C26H27FN2O5/c1-25(24(31)28-14-17-8-3-5-10-19(17)32-2)16-33-21-18-9-4-6-11-20(18)34-22(21)23(30)29(25)15-26(27)12-7-13-26/h3-6,8-11H,7,12-16H2,1-2H3,(H,28,31). The number of hydrogen-bond donors (Lipinski definition) is 1. The van der Waals surface area contributed by atoms with Crippen LogP contribution in [0.4, 0.5) is 4.39 Å². The fraction of sp³-hybridized carbons (Fsp3) is 0.385. The van der Waals surface area contributed by atoms with E-state index < -0.39 is 23.0 Å². The molecule has 1 atom stereocenters. The highest BCUT2D eigenvalue weighted by Crippen LogP contribution is 2.42. The van der Waals surface area contributed by atoms with Crippen molar-refractivity contribution in [3.05, 3.63) is 59.9 Å². The van der Waals surface area contributed by atoms with E-state index in [1.165, 1.54) is 4.90 Å². The van der Waals surface area contributed by atoms with E-state index in [9.17, 15) is 9.59 Å². The van der Waals surface area contributed by atoms with E-state index in [2.05, 4.69) is 5.32 Å². The fourth-order valence-corrected chi connectivity index (χ4v) is 4.59. The molecule has 2 amide bonds. The number of benzene rings is 2. The molecule has 2 aliphatic rings. The third kappa shape index (κ3) is 3.67. The van der Waals surface area contributed by atoms with Crippen LogP contribution in [-0.2, 0) is 11.3 Å². The molecular weight excluding hydrogens is 439 g/mol. The molecule has 1 fully saturated rings. The van der Waals surface area contributed by atoms with Gasteiger partial charge in [-0.1, -0.05) is 30.3 Å². The summed E-state index contributed by atoms with van der Waals surface area (Å²) in [5, 5.41) is 3.54. The molecule has 1 aromatic heterocycles. The maximum Gasteiger partial charge on any atom is 0.294 e. The van der Waals surface area contributed by atoms with Crippen molar-refractivity contribution in [2.24, 2.45) is 0 Å². The Morgan fingerprint density at radius 1 is 1.18 bits per heavy atom. The maximum atomic E-state index is 15.3. The lowest BCUT2D eigenvalue weighted by Gasteiger charge is -2.44. The summed E-state index contributed by atoms with van der Waals surface area (Å²) in [6, 6.07) is 14.5. The van der Waals surface area contributed by atoms with Gasteiger partial charge in [-0.05, 0) is 44.4 Å². The highest BCUT2D eigenvalue weighted by Gasteiger charge is 2.52. The van der Waals surface area contributed by atoms with Crippen LogP contribution in [0.5, 0.6) is 11.5 Å². The molecule has 1 unspecified atom stereocenters. The highest BCUT2D eigenvalue weighted by atomic mass is 19.1. The third-order valence-electron chi connectivity index (χ3n) is 6.89. The van der Waals surface area contributed by atoms with E-state index in [-0.39, 0.29) is 31.2 Å². The number of carbonyl (C=O) groups is 2. The van der Waals surface area contributed by atoms with Crippen molar-refractivity contribution in [1.82, 2.24) is 10.2 Å². The number of alkyl halides is 1.